The Labute approximate surface area is 100 Å². The maximum atomic E-state index is 13.9. The fourth-order valence-electron chi connectivity index (χ4n) is 1.27. The SMILES string of the molecule is COc1ccc(C(=O)O)c(O[Si](C)(C)C)c1F. The Kier molecular flexibility index (Phi) is 3.77. The number of hydrogen-bond acceptors (Lipinski definition) is 3. The summed E-state index contributed by atoms with van der Waals surface area (Å²) in [6, 6.07) is 2.55. The number of aromatic carboxylic acids is 1. The van der Waals surface area contributed by atoms with E-state index in [-0.39, 0.29) is 17.1 Å². The van der Waals surface area contributed by atoms with Crippen molar-refractivity contribution in [2.45, 2.75) is 19.6 Å². The topological polar surface area (TPSA) is 55.8 Å². The molecule has 0 fully saturated rings. The first kappa shape index (κ1) is 13.5. The highest BCUT2D eigenvalue weighted by Gasteiger charge is 2.25. The second-order valence-corrected chi connectivity index (χ2v) is 8.91. The van der Waals surface area contributed by atoms with Gasteiger partial charge in [-0.25, -0.2) is 4.79 Å². The molecule has 0 atom stereocenters. The van der Waals surface area contributed by atoms with Gasteiger partial charge < -0.3 is 14.3 Å². The van der Waals surface area contributed by atoms with Gasteiger partial charge in [0.1, 0.15) is 5.56 Å². The number of rotatable bonds is 4. The number of carboxylic acid groups (broad SMARTS) is 1. The van der Waals surface area contributed by atoms with Crippen LogP contribution in [0, 0.1) is 5.82 Å². The van der Waals surface area contributed by atoms with Gasteiger partial charge in [-0.05, 0) is 31.8 Å². The molecule has 0 aliphatic carbocycles. The minimum absolute atomic E-state index is 0.0248. The molecule has 0 radical (unpaired) electrons. The van der Waals surface area contributed by atoms with Crippen molar-refractivity contribution in [2.24, 2.45) is 0 Å². The summed E-state index contributed by atoms with van der Waals surface area (Å²) in [6.45, 7) is 5.53. The van der Waals surface area contributed by atoms with Gasteiger partial charge in [-0.2, -0.15) is 4.39 Å². The predicted octanol–water partition coefficient (Wildman–Crippen LogP) is 2.75. The molecule has 0 saturated heterocycles. The number of ether oxygens (including phenoxy) is 1. The van der Waals surface area contributed by atoms with Crippen molar-refractivity contribution in [1.82, 2.24) is 0 Å². The van der Waals surface area contributed by atoms with E-state index in [4.69, 9.17) is 14.3 Å². The Morgan fingerprint density at radius 3 is 2.35 bits per heavy atom. The lowest BCUT2D eigenvalue weighted by atomic mass is 10.2. The van der Waals surface area contributed by atoms with Gasteiger partial charge in [0.2, 0.25) is 14.1 Å². The first-order valence-electron chi connectivity index (χ1n) is 5.05. The third-order valence-electron chi connectivity index (χ3n) is 1.92. The highest BCUT2D eigenvalue weighted by Crippen LogP contribution is 2.32. The van der Waals surface area contributed by atoms with Gasteiger partial charge in [0, 0.05) is 0 Å². The van der Waals surface area contributed by atoms with E-state index >= 15 is 0 Å². The largest absolute Gasteiger partial charge is 0.542 e. The maximum Gasteiger partial charge on any atom is 0.339 e. The molecule has 4 nitrogen and oxygen atoms in total. The molecule has 0 aliphatic rings. The standard InChI is InChI=1S/C11H15FO4Si/c1-15-8-6-5-7(11(13)14)10(9(8)12)16-17(2,3)4/h5-6H,1-4H3,(H,13,14). The van der Waals surface area contributed by atoms with Crippen LogP contribution in [0.1, 0.15) is 10.4 Å². The number of halogens is 1. The molecule has 6 heteroatoms. The summed E-state index contributed by atoms with van der Waals surface area (Å²) in [5.41, 5.74) is -0.189. The van der Waals surface area contributed by atoms with Crippen molar-refractivity contribution in [3.8, 4) is 11.5 Å². The number of benzene rings is 1. The van der Waals surface area contributed by atoms with Gasteiger partial charge in [-0.3, -0.25) is 0 Å². The van der Waals surface area contributed by atoms with Crippen LogP contribution in [-0.2, 0) is 0 Å². The van der Waals surface area contributed by atoms with Crippen molar-refractivity contribution in [3.05, 3.63) is 23.5 Å². The van der Waals surface area contributed by atoms with Gasteiger partial charge in [0.05, 0.1) is 7.11 Å². The second-order valence-electron chi connectivity index (χ2n) is 4.48. The van der Waals surface area contributed by atoms with Crippen LogP contribution in [0.4, 0.5) is 4.39 Å². The molecule has 0 aromatic heterocycles. The average Bonchev–Trinajstić information content (AvgIpc) is 2.18. The monoisotopic (exact) mass is 258 g/mol. The Balaban J connectivity index is 3.35. The summed E-state index contributed by atoms with van der Waals surface area (Å²) in [6.07, 6.45) is 0. The minimum Gasteiger partial charge on any atom is -0.542 e. The van der Waals surface area contributed by atoms with Crippen LogP contribution in [0.5, 0.6) is 11.5 Å². The Bertz CT molecular complexity index is 440. The summed E-state index contributed by atoms with van der Waals surface area (Å²) in [5, 5.41) is 8.98. The molecule has 1 rings (SSSR count). The van der Waals surface area contributed by atoms with Gasteiger partial charge in [0.15, 0.2) is 11.5 Å². The van der Waals surface area contributed by atoms with Gasteiger partial charge in [-0.15, -0.1) is 0 Å². The lowest BCUT2D eigenvalue weighted by molar-refractivity contribution is 0.0694. The molecular weight excluding hydrogens is 243 g/mol. The van der Waals surface area contributed by atoms with E-state index in [1.54, 1.807) is 0 Å². The molecule has 0 bridgehead atoms. The Morgan fingerprint density at radius 2 is 1.94 bits per heavy atom. The molecule has 1 aromatic rings. The van der Waals surface area contributed by atoms with E-state index in [1.807, 2.05) is 19.6 Å². The summed E-state index contributed by atoms with van der Waals surface area (Å²) >= 11 is 0. The molecule has 0 aliphatic heterocycles. The van der Waals surface area contributed by atoms with Crippen LogP contribution < -0.4 is 9.16 Å². The fourth-order valence-corrected chi connectivity index (χ4v) is 2.08. The van der Waals surface area contributed by atoms with E-state index in [2.05, 4.69) is 0 Å². The van der Waals surface area contributed by atoms with Crippen LogP contribution in [0.2, 0.25) is 19.6 Å². The zero-order valence-corrected chi connectivity index (χ0v) is 11.2. The summed E-state index contributed by atoms with van der Waals surface area (Å²) in [4.78, 5) is 11.0. The van der Waals surface area contributed by atoms with Crippen LogP contribution in [-0.4, -0.2) is 26.5 Å². The van der Waals surface area contributed by atoms with E-state index in [9.17, 15) is 9.18 Å². The van der Waals surface area contributed by atoms with Gasteiger partial charge in [0.25, 0.3) is 0 Å². The van der Waals surface area contributed by atoms with E-state index in [0.717, 1.165) is 0 Å². The number of carbonyl (C=O) groups is 1. The molecule has 94 valence electrons. The van der Waals surface area contributed by atoms with Crippen LogP contribution in [0.25, 0.3) is 0 Å². The minimum atomic E-state index is -2.10. The van der Waals surface area contributed by atoms with Crippen LogP contribution in [0.15, 0.2) is 12.1 Å². The molecule has 0 heterocycles. The van der Waals surface area contributed by atoms with Gasteiger partial charge in [-0.1, -0.05) is 0 Å². The Morgan fingerprint density at radius 1 is 1.35 bits per heavy atom. The number of carboxylic acids is 1. The molecule has 0 spiro atoms. The fraction of sp³-hybridized carbons (Fsp3) is 0.364. The van der Waals surface area contributed by atoms with Crippen molar-refractivity contribution in [2.75, 3.05) is 7.11 Å². The highest BCUT2D eigenvalue weighted by atomic mass is 28.4. The molecule has 17 heavy (non-hydrogen) atoms. The van der Waals surface area contributed by atoms with Crippen molar-refractivity contribution >= 4 is 14.3 Å². The van der Waals surface area contributed by atoms with E-state index in [1.165, 1.54) is 19.2 Å². The Hall–Kier alpha value is -1.56. The molecule has 0 amide bonds. The first-order chi connectivity index (χ1) is 7.76. The zero-order chi connectivity index (χ0) is 13.2. The lowest BCUT2D eigenvalue weighted by Crippen LogP contribution is -2.30. The predicted molar refractivity (Wildman–Crippen MR) is 63.9 cm³/mol. The molecule has 1 N–H and O–H groups in total. The van der Waals surface area contributed by atoms with E-state index in [0.29, 0.717) is 0 Å². The van der Waals surface area contributed by atoms with Gasteiger partial charge >= 0.3 is 5.97 Å². The molecule has 0 saturated carbocycles. The lowest BCUT2D eigenvalue weighted by Gasteiger charge is -2.21. The quantitative estimate of drug-likeness (QED) is 0.844. The maximum absolute atomic E-state index is 13.9. The molecule has 0 unspecified atom stereocenters. The van der Waals surface area contributed by atoms with Crippen molar-refractivity contribution in [3.63, 3.8) is 0 Å². The molecular formula is C11H15FO4Si. The highest BCUT2D eigenvalue weighted by molar-refractivity contribution is 6.70. The first-order valence-corrected chi connectivity index (χ1v) is 8.46. The zero-order valence-electron chi connectivity index (χ0n) is 10.2. The van der Waals surface area contributed by atoms with Crippen molar-refractivity contribution < 1.29 is 23.5 Å². The van der Waals surface area contributed by atoms with Crippen LogP contribution >= 0.6 is 0 Å². The third-order valence-corrected chi connectivity index (χ3v) is 2.74. The number of hydrogen-bond donors (Lipinski definition) is 1. The number of methoxy groups -OCH3 is 1. The summed E-state index contributed by atoms with van der Waals surface area (Å²) in [7, 11) is -0.785. The summed E-state index contributed by atoms with van der Waals surface area (Å²) in [5.74, 6) is -2.26. The van der Waals surface area contributed by atoms with Crippen LogP contribution in [0.3, 0.4) is 0 Å². The average molecular weight is 258 g/mol. The third kappa shape index (κ3) is 3.20. The van der Waals surface area contributed by atoms with E-state index < -0.39 is 20.1 Å². The second kappa shape index (κ2) is 4.75. The summed E-state index contributed by atoms with van der Waals surface area (Å²) < 4.78 is 24.2. The van der Waals surface area contributed by atoms with Crippen molar-refractivity contribution in [1.29, 1.82) is 0 Å². The molecule has 1 aromatic carbocycles. The smallest absolute Gasteiger partial charge is 0.339 e. The normalized spacial score (nSPS) is 11.1.